The van der Waals surface area contributed by atoms with Gasteiger partial charge >= 0.3 is 5.97 Å². The van der Waals surface area contributed by atoms with Crippen molar-refractivity contribution in [1.82, 2.24) is 19.5 Å². The number of aromatic amines is 1. The Bertz CT molecular complexity index is 689. The Kier molecular flexibility index (Phi) is 3.83. The molecule has 0 bridgehead atoms. The quantitative estimate of drug-likeness (QED) is 0.751. The van der Waals surface area contributed by atoms with E-state index < -0.39 is 11.5 Å². The maximum Gasteiger partial charge on any atom is 0.310 e. The molecule has 106 valence electrons. The number of carbonyl (C=O) groups excluding carboxylic acids is 1. The molecule has 0 saturated carbocycles. The van der Waals surface area contributed by atoms with Crippen molar-refractivity contribution in [3.8, 4) is 11.6 Å². The van der Waals surface area contributed by atoms with Crippen LogP contribution in [-0.2, 0) is 23.0 Å². The smallest absolute Gasteiger partial charge is 0.310 e. The van der Waals surface area contributed by atoms with Gasteiger partial charge in [-0.25, -0.2) is 9.97 Å². The second-order valence-electron chi connectivity index (χ2n) is 4.12. The van der Waals surface area contributed by atoms with Crippen LogP contribution in [0.25, 0.3) is 11.6 Å². The molecule has 0 atom stereocenters. The number of aromatic nitrogens is 4. The molecule has 0 aromatic carbocycles. The Labute approximate surface area is 114 Å². The van der Waals surface area contributed by atoms with Gasteiger partial charge in [-0.2, -0.15) is 0 Å². The molecule has 0 aliphatic heterocycles. The number of carbonyl (C=O) groups is 1. The van der Waals surface area contributed by atoms with Crippen LogP contribution < -0.4 is 11.3 Å². The maximum atomic E-state index is 12.0. The van der Waals surface area contributed by atoms with Crippen molar-refractivity contribution in [2.75, 3.05) is 12.3 Å². The highest BCUT2D eigenvalue weighted by atomic mass is 16.5. The first kappa shape index (κ1) is 13.8. The molecule has 8 nitrogen and oxygen atoms in total. The van der Waals surface area contributed by atoms with E-state index in [0.717, 1.165) is 0 Å². The fraction of sp³-hybridized carbons (Fsp3) is 0.333. The van der Waals surface area contributed by atoms with Crippen molar-refractivity contribution in [3.63, 3.8) is 0 Å². The van der Waals surface area contributed by atoms with Crippen LogP contribution in [0.15, 0.2) is 17.2 Å². The molecular weight excluding hydrogens is 262 g/mol. The minimum Gasteiger partial charge on any atom is -0.466 e. The van der Waals surface area contributed by atoms with Crippen LogP contribution >= 0.6 is 0 Å². The summed E-state index contributed by atoms with van der Waals surface area (Å²) in [6.07, 6.45) is 3.10. The average molecular weight is 277 g/mol. The molecule has 0 amide bonds. The number of hydrogen-bond donors (Lipinski definition) is 2. The highest BCUT2D eigenvalue weighted by Gasteiger charge is 2.16. The highest BCUT2D eigenvalue weighted by Crippen LogP contribution is 2.13. The van der Waals surface area contributed by atoms with Gasteiger partial charge in [0.15, 0.2) is 11.6 Å². The van der Waals surface area contributed by atoms with Gasteiger partial charge in [0.2, 0.25) is 0 Å². The first-order valence-electron chi connectivity index (χ1n) is 6.05. The fourth-order valence-electron chi connectivity index (χ4n) is 1.74. The fourth-order valence-corrected chi connectivity index (χ4v) is 1.74. The molecule has 2 aromatic heterocycles. The van der Waals surface area contributed by atoms with E-state index in [2.05, 4.69) is 15.0 Å². The van der Waals surface area contributed by atoms with Gasteiger partial charge in [0.25, 0.3) is 5.56 Å². The van der Waals surface area contributed by atoms with Gasteiger partial charge < -0.3 is 20.0 Å². The standard InChI is InChI=1S/C12H15N5O3/c1-3-20-8(18)6-7-9(13)15-10(16-12(7)19)11-14-4-5-17(11)2/h4-5H,3,6H2,1-2H3,(H3,13,15,16,19). The van der Waals surface area contributed by atoms with Crippen molar-refractivity contribution >= 4 is 11.8 Å². The Morgan fingerprint density at radius 1 is 1.55 bits per heavy atom. The van der Waals surface area contributed by atoms with Gasteiger partial charge in [-0.15, -0.1) is 0 Å². The highest BCUT2D eigenvalue weighted by molar-refractivity contribution is 5.74. The van der Waals surface area contributed by atoms with Gasteiger partial charge in [-0.3, -0.25) is 9.59 Å². The normalized spacial score (nSPS) is 10.5. The van der Waals surface area contributed by atoms with Crippen LogP contribution in [0, 0.1) is 0 Å². The van der Waals surface area contributed by atoms with E-state index in [4.69, 9.17) is 10.5 Å². The summed E-state index contributed by atoms with van der Waals surface area (Å²) >= 11 is 0. The van der Waals surface area contributed by atoms with E-state index in [-0.39, 0.29) is 30.2 Å². The van der Waals surface area contributed by atoms with Crippen molar-refractivity contribution in [2.45, 2.75) is 13.3 Å². The first-order chi connectivity index (χ1) is 9.52. The molecule has 0 spiro atoms. The number of ether oxygens (including phenoxy) is 1. The molecule has 0 radical (unpaired) electrons. The van der Waals surface area contributed by atoms with Gasteiger partial charge in [-0.1, -0.05) is 0 Å². The molecule has 0 saturated heterocycles. The van der Waals surface area contributed by atoms with Crippen LogP contribution in [0.4, 0.5) is 5.82 Å². The lowest BCUT2D eigenvalue weighted by molar-refractivity contribution is -0.142. The number of hydrogen-bond acceptors (Lipinski definition) is 6. The van der Waals surface area contributed by atoms with Gasteiger partial charge in [-0.05, 0) is 6.92 Å². The summed E-state index contributed by atoms with van der Waals surface area (Å²) in [5.74, 6) is 0.222. The number of nitrogen functional groups attached to an aromatic ring is 1. The molecule has 8 heteroatoms. The molecule has 3 N–H and O–H groups in total. The van der Waals surface area contributed by atoms with Gasteiger partial charge in [0.1, 0.15) is 5.82 Å². The first-order valence-corrected chi connectivity index (χ1v) is 6.05. The molecular formula is C12H15N5O3. The number of H-pyrrole nitrogens is 1. The minimum absolute atomic E-state index is 0.000182. The number of rotatable bonds is 4. The van der Waals surface area contributed by atoms with E-state index in [1.807, 2.05) is 0 Å². The van der Waals surface area contributed by atoms with Crippen molar-refractivity contribution in [2.24, 2.45) is 7.05 Å². The number of esters is 1. The molecule has 2 heterocycles. The zero-order chi connectivity index (χ0) is 14.7. The van der Waals surface area contributed by atoms with E-state index in [1.54, 1.807) is 30.9 Å². The second kappa shape index (κ2) is 5.55. The predicted octanol–water partition coefficient (Wildman–Crippen LogP) is -0.142. The third-order valence-corrected chi connectivity index (χ3v) is 2.71. The van der Waals surface area contributed by atoms with Crippen LogP contribution in [0.1, 0.15) is 12.5 Å². The molecule has 2 rings (SSSR count). The van der Waals surface area contributed by atoms with Crippen molar-refractivity contribution in [1.29, 1.82) is 0 Å². The third-order valence-electron chi connectivity index (χ3n) is 2.71. The number of nitrogens with one attached hydrogen (secondary N) is 1. The minimum atomic E-state index is -0.517. The Morgan fingerprint density at radius 3 is 2.85 bits per heavy atom. The van der Waals surface area contributed by atoms with Crippen LogP contribution in [0.3, 0.4) is 0 Å². The van der Waals surface area contributed by atoms with E-state index in [9.17, 15) is 9.59 Å². The van der Waals surface area contributed by atoms with E-state index in [0.29, 0.717) is 5.82 Å². The summed E-state index contributed by atoms with van der Waals surface area (Å²) in [6.45, 7) is 1.93. The molecule has 0 fully saturated rings. The van der Waals surface area contributed by atoms with Gasteiger partial charge in [0, 0.05) is 19.4 Å². The second-order valence-corrected chi connectivity index (χ2v) is 4.12. The maximum absolute atomic E-state index is 12.0. The molecule has 0 aliphatic carbocycles. The number of anilines is 1. The average Bonchev–Trinajstić information content (AvgIpc) is 2.80. The zero-order valence-corrected chi connectivity index (χ0v) is 11.2. The summed E-state index contributed by atoms with van der Waals surface area (Å²) < 4.78 is 6.48. The summed E-state index contributed by atoms with van der Waals surface area (Å²) in [7, 11) is 1.77. The number of aryl methyl sites for hydroxylation is 1. The molecule has 2 aromatic rings. The third kappa shape index (κ3) is 2.68. The lowest BCUT2D eigenvalue weighted by Crippen LogP contribution is -2.22. The molecule has 20 heavy (non-hydrogen) atoms. The zero-order valence-electron chi connectivity index (χ0n) is 11.2. The topological polar surface area (TPSA) is 116 Å². The molecule has 0 aliphatic rings. The number of nitrogens with two attached hydrogens (primary N) is 1. The monoisotopic (exact) mass is 277 g/mol. The van der Waals surface area contributed by atoms with Crippen LogP contribution in [0.5, 0.6) is 0 Å². The summed E-state index contributed by atoms with van der Waals surface area (Å²) in [6, 6.07) is 0. The largest absolute Gasteiger partial charge is 0.466 e. The number of imidazole rings is 1. The summed E-state index contributed by atoms with van der Waals surface area (Å²) in [5.41, 5.74) is 5.38. The Hall–Kier alpha value is -2.64. The summed E-state index contributed by atoms with van der Waals surface area (Å²) in [4.78, 5) is 34.1. The van der Waals surface area contributed by atoms with Gasteiger partial charge in [0.05, 0.1) is 18.6 Å². The number of nitrogens with zero attached hydrogens (tertiary/aromatic N) is 3. The Morgan fingerprint density at radius 2 is 2.30 bits per heavy atom. The Balaban J connectivity index is 2.37. The van der Waals surface area contributed by atoms with Crippen molar-refractivity contribution < 1.29 is 9.53 Å². The summed E-state index contributed by atoms with van der Waals surface area (Å²) in [5, 5.41) is 0. The van der Waals surface area contributed by atoms with Crippen molar-refractivity contribution in [3.05, 3.63) is 28.3 Å². The SMILES string of the molecule is CCOC(=O)Cc1c(N)nc(-c2nccn2C)[nH]c1=O. The lowest BCUT2D eigenvalue weighted by Gasteiger charge is -2.06. The van der Waals surface area contributed by atoms with E-state index >= 15 is 0 Å². The van der Waals surface area contributed by atoms with Crippen LogP contribution in [-0.4, -0.2) is 32.1 Å². The molecule has 0 unspecified atom stereocenters. The predicted molar refractivity (Wildman–Crippen MR) is 71.8 cm³/mol. The van der Waals surface area contributed by atoms with Crippen LogP contribution in [0.2, 0.25) is 0 Å². The lowest BCUT2D eigenvalue weighted by atomic mass is 10.2. The van der Waals surface area contributed by atoms with E-state index in [1.165, 1.54) is 0 Å².